The van der Waals surface area contributed by atoms with Crippen molar-refractivity contribution in [2.75, 3.05) is 20.3 Å². The number of hydrogen-bond donors (Lipinski definition) is 1. The normalized spacial score (nSPS) is 24.4. The first kappa shape index (κ1) is 27.2. The molecular weight excluding hydrogens is 490 g/mol. The van der Waals surface area contributed by atoms with Gasteiger partial charge in [0, 0.05) is 30.0 Å². The second-order valence-corrected chi connectivity index (χ2v) is 10.5. The molecule has 1 aromatic carbocycles. The van der Waals surface area contributed by atoms with Gasteiger partial charge in [-0.3, -0.25) is 14.7 Å². The lowest BCUT2D eigenvalue weighted by Gasteiger charge is -2.28. The number of aromatic nitrogens is 1. The number of amides is 2. The molecule has 38 heavy (non-hydrogen) atoms. The van der Waals surface area contributed by atoms with Crippen LogP contribution in [0.3, 0.4) is 0 Å². The molecule has 2 fully saturated rings. The third-order valence-electron chi connectivity index (χ3n) is 6.68. The van der Waals surface area contributed by atoms with Crippen LogP contribution in [0.5, 0.6) is 11.5 Å². The highest BCUT2D eigenvalue weighted by Gasteiger charge is 2.62. The van der Waals surface area contributed by atoms with Crippen LogP contribution in [-0.2, 0) is 19.1 Å². The van der Waals surface area contributed by atoms with Crippen LogP contribution in [0.2, 0.25) is 0 Å². The lowest BCUT2D eigenvalue weighted by Crippen LogP contribution is -2.53. The Labute approximate surface area is 222 Å². The fourth-order valence-corrected chi connectivity index (χ4v) is 4.73. The van der Waals surface area contributed by atoms with Gasteiger partial charge in [0.1, 0.15) is 34.8 Å². The molecule has 10 heteroatoms. The van der Waals surface area contributed by atoms with E-state index in [1.807, 2.05) is 12.1 Å². The predicted molar refractivity (Wildman–Crippen MR) is 140 cm³/mol. The number of pyridine rings is 1. The highest BCUT2D eigenvalue weighted by atomic mass is 16.6. The summed E-state index contributed by atoms with van der Waals surface area (Å²) in [5, 5.41) is 3.63. The van der Waals surface area contributed by atoms with Crippen molar-refractivity contribution in [2.24, 2.45) is 5.92 Å². The van der Waals surface area contributed by atoms with E-state index in [1.165, 1.54) is 4.90 Å². The van der Waals surface area contributed by atoms with Crippen molar-refractivity contribution in [3.05, 3.63) is 43.1 Å². The molecule has 204 valence electrons. The second kappa shape index (κ2) is 10.5. The highest BCUT2D eigenvalue weighted by Crippen LogP contribution is 2.45. The van der Waals surface area contributed by atoms with Crippen LogP contribution in [0.1, 0.15) is 40.5 Å². The monoisotopic (exact) mass is 525 g/mol. The fraction of sp³-hybridized carbons (Fsp3) is 0.500. The Morgan fingerprint density at radius 3 is 2.66 bits per heavy atom. The van der Waals surface area contributed by atoms with Gasteiger partial charge in [0.05, 0.1) is 25.8 Å². The molecule has 0 bridgehead atoms. The Hall–Kier alpha value is -3.82. The molecule has 4 unspecified atom stereocenters. The molecule has 4 rings (SSSR count). The number of methoxy groups -OCH3 is 1. The minimum Gasteiger partial charge on any atom is -0.497 e. The van der Waals surface area contributed by atoms with Crippen molar-refractivity contribution in [1.29, 1.82) is 0 Å². The molecule has 1 N–H and O–H groups in total. The van der Waals surface area contributed by atoms with Crippen LogP contribution in [0, 0.1) is 5.92 Å². The van der Waals surface area contributed by atoms with E-state index in [0.29, 0.717) is 23.4 Å². The molecule has 2 amide bonds. The van der Waals surface area contributed by atoms with E-state index in [1.54, 1.807) is 59.2 Å². The number of hydrogen-bond acceptors (Lipinski definition) is 8. The number of fused-ring (bicyclic) bond motifs is 1. The molecule has 1 aliphatic heterocycles. The third-order valence-corrected chi connectivity index (χ3v) is 6.68. The molecule has 1 aromatic heterocycles. The number of benzene rings is 1. The number of rotatable bonds is 8. The van der Waals surface area contributed by atoms with Gasteiger partial charge >= 0.3 is 12.1 Å². The van der Waals surface area contributed by atoms with Gasteiger partial charge in [-0.15, -0.1) is 6.58 Å². The number of nitrogens with one attached hydrogen (secondary N) is 1. The van der Waals surface area contributed by atoms with E-state index < -0.39 is 41.3 Å². The summed E-state index contributed by atoms with van der Waals surface area (Å²) in [4.78, 5) is 45.1. The van der Waals surface area contributed by atoms with Gasteiger partial charge in [-0.05, 0) is 52.3 Å². The summed E-state index contributed by atoms with van der Waals surface area (Å²) in [6, 6.07) is 6.32. The first-order valence-corrected chi connectivity index (χ1v) is 12.7. The SMILES string of the molecule is C=CC1CC1(NC(=O)C1CC(Oc2ccnc3cc(OC)ccc23)CN1C(=O)OC(C)(C)C)C(=O)OCC. The number of carbonyl (C=O) groups is 3. The van der Waals surface area contributed by atoms with E-state index in [9.17, 15) is 14.4 Å². The standard InChI is InChI=1S/C28H35N3O7/c1-7-17-15-28(17,25(33)36-8-2)30-24(32)22-14-19(16-31(22)26(34)38-27(3,4)5)37-23-11-12-29-21-13-18(35-6)9-10-20(21)23/h7,9-13,17,19,22H,1,8,14-16H2,2-6H3,(H,30,32). The Morgan fingerprint density at radius 2 is 2.03 bits per heavy atom. The minimum absolute atomic E-state index is 0.129. The van der Waals surface area contributed by atoms with Gasteiger partial charge in [-0.25, -0.2) is 9.59 Å². The van der Waals surface area contributed by atoms with Crippen molar-refractivity contribution in [1.82, 2.24) is 15.2 Å². The maximum atomic E-state index is 13.6. The van der Waals surface area contributed by atoms with Crippen molar-refractivity contribution < 1.29 is 33.3 Å². The summed E-state index contributed by atoms with van der Waals surface area (Å²) in [5.74, 6) is 0.0263. The summed E-state index contributed by atoms with van der Waals surface area (Å²) < 4.78 is 22.4. The number of likely N-dealkylation sites (tertiary alicyclic amines) is 1. The van der Waals surface area contributed by atoms with Gasteiger partial charge in [0.25, 0.3) is 0 Å². The first-order valence-electron chi connectivity index (χ1n) is 12.7. The smallest absolute Gasteiger partial charge is 0.411 e. The number of esters is 1. The zero-order valence-electron chi connectivity index (χ0n) is 22.5. The summed E-state index contributed by atoms with van der Waals surface area (Å²) in [6.07, 6.45) is 2.74. The topological polar surface area (TPSA) is 116 Å². The van der Waals surface area contributed by atoms with Gasteiger partial charge in [-0.1, -0.05) is 6.08 Å². The van der Waals surface area contributed by atoms with Gasteiger partial charge in [0.2, 0.25) is 5.91 Å². The molecule has 1 saturated heterocycles. The molecular formula is C28H35N3O7. The summed E-state index contributed by atoms with van der Waals surface area (Å²) in [5.41, 5.74) is -1.24. The molecule has 0 spiro atoms. The average molecular weight is 526 g/mol. The zero-order chi connectivity index (χ0) is 27.7. The second-order valence-electron chi connectivity index (χ2n) is 10.5. The van der Waals surface area contributed by atoms with E-state index in [0.717, 1.165) is 5.39 Å². The minimum atomic E-state index is -1.17. The molecule has 1 saturated carbocycles. The Bertz CT molecular complexity index is 1240. The molecule has 1 aliphatic carbocycles. The van der Waals surface area contributed by atoms with Gasteiger partial charge in [0.15, 0.2) is 0 Å². The molecule has 2 aromatic rings. The highest BCUT2D eigenvalue weighted by molar-refractivity contribution is 5.95. The van der Waals surface area contributed by atoms with Crippen LogP contribution in [0.4, 0.5) is 4.79 Å². The zero-order valence-corrected chi connectivity index (χ0v) is 22.5. The molecule has 0 radical (unpaired) electrons. The first-order chi connectivity index (χ1) is 18.0. The quantitative estimate of drug-likeness (QED) is 0.410. The van der Waals surface area contributed by atoms with Crippen LogP contribution in [0.25, 0.3) is 10.9 Å². The maximum absolute atomic E-state index is 13.6. The van der Waals surface area contributed by atoms with E-state index in [2.05, 4.69) is 16.9 Å². The Kier molecular flexibility index (Phi) is 7.53. The maximum Gasteiger partial charge on any atom is 0.411 e. The fourth-order valence-electron chi connectivity index (χ4n) is 4.73. The summed E-state index contributed by atoms with van der Waals surface area (Å²) in [6.45, 7) is 11.1. The van der Waals surface area contributed by atoms with Crippen molar-refractivity contribution >= 4 is 28.9 Å². The van der Waals surface area contributed by atoms with Crippen molar-refractivity contribution in [2.45, 2.75) is 63.8 Å². The van der Waals surface area contributed by atoms with E-state index >= 15 is 0 Å². The van der Waals surface area contributed by atoms with Crippen LogP contribution in [0.15, 0.2) is 43.1 Å². The molecule has 4 atom stereocenters. The van der Waals surface area contributed by atoms with Crippen molar-refractivity contribution in [3.8, 4) is 11.5 Å². The van der Waals surface area contributed by atoms with Gasteiger partial charge < -0.3 is 24.3 Å². The molecule has 10 nitrogen and oxygen atoms in total. The lowest BCUT2D eigenvalue weighted by atomic mass is 10.1. The van der Waals surface area contributed by atoms with E-state index in [4.69, 9.17) is 18.9 Å². The summed E-state index contributed by atoms with van der Waals surface area (Å²) in [7, 11) is 1.58. The molecule has 2 heterocycles. The Balaban J connectivity index is 1.57. The summed E-state index contributed by atoms with van der Waals surface area (Å²) >= 11 is 0. The van der Waals surface area contributed by atoms with Crippen LogP contribution < -0.4 is 14.8 Å². The third kappa shape index (κ3) is 5.54. The predicted octanol–water partition coefficient (Wildman–Crippen LogP) is 3.62. The average Bonchev–Trinajstić information content (AvgIpc) is 3.42. The lowest BCUT2D eigenvalue weighted by molar-refractivity contribution is -0.149. The van der Waals surface area contributed by atoms with Crippen LogP contribution in [-0.4, -0.2) is 71.4 Å². The van der Waals surface area contributed by atoms with E-state index in [-0.39, 0.29) is 25.5 Å². The number of ether oxygens (including phenoxy) is 4. The van der Waals surface area contributed by atoms with Crippen LogP contribution >= 0.6 is 0 Å². The largest absolute Gasteiger partial charge is 0.497 e. The van der Waals surface area contributed by atoms with Crippen molar-refractivity contribution in [3.63, 3.8) is 0 Å². The number of nitrogens with zero attached hydrogens (tertiary/aromatic N) is 2. The Morgan fingerprint density at radius 1 is 1.26 bits per heavy atom. The molecule has 2 aliphatic rings. The van der Waals surface area contributed by atoms with Gasteiger partial charge in [-0.2, -0.15) is 0 Å². The number of carbonyl (C=O) groups excluding carboxylic acids is 3.